The molecule has 0 aromatic carbocycles. The molecule has 0 aliphatic heterocycles. The molecule has 14 heavy (non-hydrogen) atoms. The lowest BCUT2D eigenvalue weighted by Crippen LogP contribution is -2.14. The van der Waals surface area contributed by atoms with Crippen molar-refractivity contribution in [3.8, 4) is 0 Å². The van der Waals surface area contributed by atoms with Crippen LogP contribution in [0.25, 0.3) is 0 Å². The van der Waals surface area contributed by atoms with E-state index < -0.39 is 7.59 Å². The molecule has 9 heteroatoms. The highest BCUT2D eigenvalue weighted by Crippen LogP contribution is 2.39. The van der Waals surface area contributed by atoms with Gasteiger partial charge in [0.2, 0.25) is 7.59 Å². The second kappa shape index (κ2) is 4.32. The van der Waals surface area contributed by atoms with E-state index in [1.54, 1.807) is 0 Å². The molecule has 1 aromatic heterocycles. The Bertz CT molecular complexity index is 300. The molecular formula is C5HCl6N3. The predicted molar refractivity (Wildman–Crippen MR) is 58.3 cm³/mol. The highest BCUT2D eigenvalue weighted by molar-refractivity contribution is 6.67. The van der Waals surface area contributed by atoms with Gasteiger partial charge in [0.15, 0.2) is 11.6 Å². The molecule has 0 bridgehead atoms. The summed E-state index contributed by atoms with van der Waals surface area (Å²) in [6.45, 7) is 0. The minimum atomic E-state index is -1.77. The van der Waals surface area contributed by atoms with Gasteiger partial charge >= 0.3 is 0 Å². The third-order valence-electron chi connectivity index (χ3n) is 1.08. The van der Waals surface area contributed by atoms with Gasteiger partial charge < -0.3 is 0 Å². The molecule has 0 aliphatic rings. The molecule has 0 atom stereocenters. The summed E-state index contributed by atoms with van der Waals surface area (Å²) < 4.78 is -3.54. The van der Waals surface area contributed by atoms with E-state index in [1.165, 1.54) is 0 Å². The van der Waals surface area contributed by atoms with E-state index in [1.807, 2.05) is 0 Å². The number of hydrogen-bond donors (Lipinski definition) is 0. The highest BCUT2D eigenvalue weighted by Gasteiger charge is 2.32. The first-order valence-electron chi connectivity index (χ1n) is 3.04. The Morgan fingerprint density at radius 1 is 0.786 bits per heavy atom. The van der Waals surface area contributed by atoms with Gasteiger partial charge in [0.05, 0.1) is 0 Å². The zero-order chi connectivity index (χ0) is 11.0. The summed E-state index contributed by atoms with van der Waals surface area (Å²) in [5.74, 6) is -0.197. The van der Waals surface area contributed by atoms with Crippen LogP contribution in [-0.4, -0.2) is 15.0 Å². The molecule has 0 radical (unpaired) electrons. The van der Waals surface area contributed by atoms with Crippen molar-refractivity contribution in [2.24, 2.45) is 0 Å². The number of nitrogens with zero attached hydrogens (tertiary/aromatic N) is 3. The van der Waals surface area contributed by atoms with Gasteiger partial charge in [-0.1, -0.05) is 69.6 Å². The van der Waals surface area contributed by atoms with E-state index in [-0.39, 0.29) is 11.6 Å². The van der Waals surface area contributed by atoms with Crippen LogP contribution >= 0.6 is 69.6 Å². The Balaban J connectivity index is 3.15. The van der Waals surface area contributed by atoms with E-state index in [9.17, 15) is 0 Å². The maximum Gasteiger partial charge on any atom is 0.250 e. The topological polar surface area (TPSA) is 38.7 Å². The second-order valence-electron chi connectivity index (χ2n) is 2.13. The second-order valence-corrected chi connectivity index (χ2v) is 6.69. The predicted octanol–water partition coefficient (Wildman–Crippen LogP) is 3.52. The van der Waals surface area contributed by atoms with Gasteiger partial charge in [-0.05, 0) is 0 Å². The molecule has 0 saturated carbocycles. The lowest BCUT2D eigenvalue weighted by atomic mass is 10.6. The third-order valence-corrected chi connectivity index (χ3v) is 2.09. The van der Waals surface area contributed by atoms with Crippen molar-refractivity contribution in [1.82, 2.24) is 15.0 Å². The fraction of sp³-hybridized carbons (Fsp3) is 0.400. The average molecular weight is 316 g/mol. The monoisotopic (exact) mass is 313 g/mol. The molecule has 1 heterocycles. The summed E-state index contributed by atoms with van der Waals surface area (Å²) in [5.41, 5.74) is 0. The molecule has 1 rings (SSSR count). The standard InChI is InChI=1S/C5HCl6N3/c6-4(7,8)2-12-1-13-3(14-2)5(9,10)11/h1H. The fourth-order valence-electron chi connectivity index (χ4n) is 0.569. The zero-order valence-electron chi connectivity index (χ0n) is 6.19. The molecule has 0 unspecified atom stereocenters. The number of hydrogen-bond acceptors (Lipinski definition) is 3. The van der Waals surface area contributed by atoms with Crippen LogP contribution in [0.5, 0.6) is 0 Å². The summed E-state index contributed by atoms with van der Waals surface area (Å²) in [4.78, 5) is 11.0. The molecule has 3 nitrogen and oxygen atoms in total. The van der Waals surface area contributed by atoms with Crippen LogP contribution in [0, 0.1) is 0 Å². The minimum Gasteiger partial charge on any atom is -0.217 e. The van der Waals surface area contributed by atoms with Gasteiger partial charge in [0, 0.05) is 0 Å². The molecule has 0 spiro atoms. The maximum absolute atomic E-state index is 5.53. The summed E-state index contributed by atoms with van der Waals surface area (Å²) >= 11 is 33.2. The maximum atomic E-state index is 5.53. The first-order valence-corrected chi connectivity index (χ1v) is 5.31. The lowest BCUT2D eigenvalue weighted by Gasteiger charge is -2.12. The summed E-state index contributed by atoms with van der Waals surface area (Å²) in [6, 6.07) is 0. The highest BCUT2D eigenvalue weighted by atomic mass is 35.6. The van der Waals surface area contributed by atoms with Gasteiger partial charge in [0.1, 0.15) is 6.33 Å². The minimum absolute atomic E-state index is 0.0983. The summed E-state index contributed by atoms with van der Waals surface area (Å²) in [6.07, 6.45) is 1.10. The van der Waals surface area contributed by atoms with Gasteiger partial charge in [-0.3, -0.25) is 0 Å². The first kappa shape index (κ1) is 12.8. The van der Waals surface area contributed by atoms with Crippen molar-refractivity contribution < 1.29 is 0 Å². The molecule has 0 amide bonds. The van der Waals surface area contributed by atoms with Crippen LogP contribution in [-0.2, 0) is 7.59 Å². The van der Waals surface area contributed by atoms with Crippen molar-refractivity contribution in [2.75, 3.05) is 0 Å². The summed E-state index contributed by atoms with van der Waals surface area (Å²) in [7, 11) is 0. The van der Waals surface area contributed by atoms with E-state index in [0.717, 1.165) is 6.33 Å². The smallest absolute Gasteiger partial charge is 0.217 e. The number of alkyl halides is 6. The van der Waals surface area contributed by atoms with Crippen LogP contribution in [0.2, 0.25) is 0 Å². The van der Waals surface area contributed by atoms with E-state index >= 15 is 0 Å². The quantitative estimate of drug-likeness (QED) is 0.688. The fourth-order valence-corrected chi connectivity index (χ4v) is 1.12. The van der Waals surface area contributed by atoms with Gasteiger partial charge in [-0.25, -0.2) is 15.0 Å². The SMILES string of the molecule is ClC(Cl)(Cl)c1ncnc(C(Cl)(Cl)Cl)n1. The molecule has 0 aliphatic carbocycles. The van der Waals surface area contributed by atoms with Crippen molar-refractivity contribution in [1.29, 1.82) is 0 Å². The molecule has 0 fully saturated rings. The van der Waals surface area contributed by atoms with Crippen LogP contribution in [0.15, 0.2) is 6.33 Å². The molecule has 1 aromatic rings. The third kappa shape index (κ3) is 3.40. The number of halogens is 6. The first-order chi connectivity index (χ1) is 6.21. The average Bonchev–Trinajstić information content (AvgIpc) is 2.01. The largest absolute Gasteiger partial charge is 0.250 e. The van der Waals surface area contributed by atoms with Gasteiger partial charge in [-0.15, -0.1) is 0 Å². The lowest BCUT2D eigenvalue weighted by molar-refractivity contribution is 0.844. The van der Waals surface area contributed by atoms with Crippen LogP contribution < -0.4 is 0 Å². The van der Waals surface area contributed by atoms with Crippen molar-refractivity contribution in [3.63, 3.8) is 0 Å². The summed E-state index contributed by atoms with van der Waals surface area (Å²) in [5, 5.41) is 0. The Labute approximate surface area is 110 Å². The van der Waals surface area contributed by atoms with Crippen LogP contribution in [0.4, 0.5) is 0 Å². The van der Waals surface area contributed by atoms with Crippen molar-refractivity contribution in [2.45, 2.75) is 7.59 Å². The Hall–Kier alpha value is 0.750. The normalized spacial score (nSPS) is 13.0. The van der Waals surface area contributed by atoms with Crippen molar-refractivity contribution in [3.05, 3.63) is 18.0 Å². The Morgan fingerprint density at radius 2 is 1.14 bits per heavy atom. The molecule has 0 saturated heterocycles. The van der Waals surface area contributed by atoms with Gasteiger partial charge in [0.25, 0.3) is 0 Å². The Morgan fingerprint density at radius 3 is 1.43 bits per heavy atom. The number of aromatic nitrogens is 3. The van der Waals surface area contributed by atoms with Crippen molar-refractivity contribution >= 4 is 69.6 Å². The Kier molecular flexibility index (Phi) is 3.95. The van der Waals surface area contributed by atoms with E-state index in [4.69, 9.17) is 69.6 Å². The van der Waals surface area contributed by atoms with Crippen LogP contribution in [0.3, 0.4) is 0 Å². The molecule has 0 N–H and O–H groups in total. The van der Waals surface area contributed by atoms with E-state index in [2.05, 4.69) is 15.0 Å². The number of rotatable bonds is 0. The van der Waals surface area contributed by atoms with Crippen LogP contribution in [0.1, 0.15) is 11.6 Å². The molecule has 78 valence electrons. The molecular weight excluding hydrogens is 315 g/mol. The zero-order valence-corrected chi connectivity index (χ0v) is 10.7. The van der Waals surface area contributed by atoms with Gasteiger partial charge in [-0.2, -0.15) is 0 Å². The van der Waals surface area contributed by atoms with E-state index in [0.29, 0.717) is 0 Å².